The van der Waals surface area contributed by atoms with Gasteiger partial charge in [-0.2, -0.15) is 114 Å². The maximum Gasteiger partial charge on any atom is 0.460 e. The van der Waals surface area contributed by atoms with Crippen LogP contribution in [0.3, 0.4) is 0 Å². The Morgan fingerprint density at radius 3 is 0.848 bits per heavy atom. The van der Waals surface area contributed by atoms with Crippen LogP contribution in [0, 0.1) is 0 Å². The van der Waals surface area contributed by atoms with Crippen molar-refractivity contribution in [2.75, 3.05) is 19.7 Å². The van der Waals surface area contributed by atoms with Crippen molar-refractivity contribution >= 4 is 10.0 Å². The first kappa shape index (κ1) is 44.1. The number of hydrogen-bond acceptors (Lipinski definition) is 3. The van der Waals surface area contributed by atoms with Crippen LogP contribution in [0.15, 0.2) is 0 Å². The molecule has 4 nitrogen and oxygen atoms in total. The van der Waals surface area contributed by atoms with Crippen molar-refractivity contribution in [3.8, 4) is 0 Å². The first-order valence-electron chi connectivity index (χ1n) is 10.4. The van der Waals surface area contributed by atoms with E-state index in [0.717, 1.165) is 0 Å². The highest BCUT2D eigenvalue weighted by Crippen LogP contribution is 2.68. The van der Waals surface area contributed by atoms with Gasteiger partial charge < -0.3 is 5.11 Å². The lowest BCUT2D eigenvalue weighted by molar-refractivity contribution is -0.480. The van der Waals surface area contributed by atoms with Gasteiger partial charge in [-0.15, -0.1) is 0 Å². The minimum Gasteiger partial charge on any atom is -0.395 e. The number of aliphatic hydroxyl groups excluding tert-OH is 1. The van der Waals surface area contributed by atoms with E-state index in [2.05, 4.69) is 0 Å². The van der Waals surface area contributed by atoms with E-state index in [4.69, 9.17) is 5.11 Å². The van der Waals surface area contributed by atoms with E-state index in [-0.39, 0.29) is 0 Å². The summed E-state index contributed by atoms with van der Waals surface area (Å²) in [5.41, 5.74) is 0. The summed E-state index contributed by atoms with van der Waals surface area (Å²) in [6, 6.07) is 0. The van der Waals surface area contributed by atoms with Crippen LogP contribution in [0.25, 0.3) is 0 Å². The zero-order chi connectivity index (χ0) is 38.2. The van der Waals surface area contributed by atoms with Gasteiger partial charge >= 0.3 is 70.7 Å². The van der Waals surface area contributed by atoms with Crippen LogP contribution in [-0.4, -0.2) is 108 Å². The number of hydrogen-bond donors (Lipinski definition) is 1. The Kier molecular flexibility index (Phi) is 10.9. The minimum absolute atomic E-state index is 0.342. The number of alkyl halides is 25. The molecule has 0 amide bonds. The molecule has 0 saturated heterocycles. The fourth-order valence-corrected chi connectivity index (χ4v) is 4.26. The molecule has 278 valence electrons. The summed E-state index contributed by atoms with van der Waals surface area (Å²) >= 11 is 0. The van der Waals surface area contributed by atoms with Crippen molar-refractivity contribution in [3.63, 3.8) is 0 Å². The third-order valence-corrected chi connectivity index (χ3v) is 7.66. The van der Waals surface area contributed by atoms with Crippen molar-refractivity contribution < 1.29 is 123 Å². The molecule has 0 radical (unpaired) electrons. The molecule has 0 spiro atoms. The van der Waals surface area contributed by atoms with Crippen molar-refractivity contribution in [3.05, 3.63) is 0 Å². The molecule has 0 heterocycles. The molecular weight excluding hydrogens is 761 g/mol. The summed E-state index contributed by atoms with van der Waals surface area (Å²) in [6.07, 6.45) is -8.23. The van der Waals surface area contributed by atoms with Crippen molar-refractivity contribution in [2.45, 2.75) is 77.6 Å². The van der Waals surface area contributed by atoms with E-state index in [1.807, 2.05) is 0 Å². The van der Waals surface area contributed by atoms with Gasteiger partial charge in [0.05, 0.1) is 6.61 Å². The molecule has 0 aromatic heterocycles. The van der Waals surface area contributed by atoms with Crippen molar-refractivity contribution in [2.24, 2.45) is 0 Å². The Balaban J connectivity index is 7.52. The average molecular weight is 771 g/mol. The lowest BCUT2D eigenvalue weighted by Gasteiger charge is -2.45. The van der Waals surface area contributed by atoms with E-state index in [1.165, 1.54) is 0 Å². The van der Waals surface area contributed by atoms with E-state index >= 15 is 0 Å². The van der Waals surface area contributed by atoms with Crippen molar-refractivity contribution in [1.82, 2.24) is 4.31 Å². The summed E-state index contributed by atoms with van der Waals surface area (Å²) < 4.78 is 358. The Bertz CT molecular complexity index is 1210. The van der Waals surface area contributed by atoms with Crippen LogP contribution < -0.4 is 0 Å². The maximum absolute atomic E-state index is 14.0. The predicted octanol–water partition coefficient (Wildman–Crippen LogP) is 7.14. The van der Waals surface area contributed by atoms with Crippen molar-refractivity contribution in [1.29, 1.82) is 0 Å². The second-order valence-electron chi connectivity index (χ2n) is 8.48. The molecule has 0 aromatic rings. The number of rotatable bonds is 15. The largest absolute Gasteiger partial charge is 0.460 e. The first-order chi connectivity index (χ1) is 19.5. The lowest BCUT2D eigenvalue weighted by Crippen LogP contribution is -2.78. The fraction of sp³-hybridized carbons (Fsp3) is 1.00. The van der Waals surface area contributed by atoms with Gasteiger partial charge in [0.1, 0.15) is 0 Å². The Labute approximate surface area is 236 Å². The molecule has 0 unspecified atom stereocenters. The van der Waals surface area contributed by atoms with Gasteiger partial charge in [-0.1, -0.05) is 6.92 Å². The van der Waals surface area contributed by atoms with E-state index in [0.29, 0.717) is 6.92 Å². The Morgan fingerprint density at radius 1 is 0.435 bits per heavy atom. The second kappa shape index (κ2) is 11.3. The smallest absolute Gasteiger partial charge is 0.395 e. The number of sulfonamides is 1. The highest BCUT2D eigenvalue weighted by molar-refractivity contribution is 7.90. The molecule has 30 heteroatoms. The van der Waals surface area contributed by atoms with E-state index in [1.54, 1.807) is 0 Å². The van der Waals surface area contributed by atoms with Gasteiger partial charge in [0.25, 0.3) is 10.0 Å². The van der Waals surface area contributed by atoms with Crippen LogP contribution in [0.1, 0.15) is 6.92 Å². The number of halogens is 25. The maximum atomic E-state index is 14.0. The van der Waals surface area contributed by atoms with Crippen LogP contribution in [0.4, 0.5) is 110 Å². The number of aliphatic hydroxyl groups is 1. The Hall–Kier alpha value is -1.88. The monoisotopic (exact) mass is 771 g/mol. The molecule has 0 fully saturated rings. The summed E-state index contributed by atoms with van der Waals surface area (Å²) in [5, 5.41) is 0.522. The molecule has 46 heavy (non-hydrogen) atoms. The van der Waals surface area contributed by atoms with Crippen LogP contribution in [0.5, 0.6) is 0 Å². The molecule has 1 N–H and O–H groups in total. The topological polar surface area (TPSA) is 57.6 Å². The normalized spacial score (nSPS) is 16.8. The predicted molar refractivity (Wildman–Crippen MR) is 93.7 cm³/mol. The SMILES string of the molecule is CCN(CCO)S(=O)(=O)C(F)(F)C(F)(F)C(F)(F)C(F)(F)C(F)(F)C(F)(F)C(F)(F)C(F)(F)C(F)(F)C(F)(F)C(F)(F)C(F)(F)F. The minimum atomic E-state index is -9.75. The van der Waals surface area contributed by atoms with Crippen LogP contribution >= 0.6 is 0 Å². The number of likely N-dealkylation sites (N-methyl/N-ethyl adjacent to an activating group) is 1. The van der Waals surface area contributed by atoms with Gasteiger partial charge in [0.15, 0.2) is 0 Å². The van der Waals surface area contributed by atoms with E-state index in [9.17, 15) is 118 Å². The van der Waals surface area contributed by atoms with E-state index < -0.39 is 105 Å². The van der Waals surface area contributed by atoms with Crippen LogP contribution in [0.2, 0.25) is 0 Å². The average Bonchev–Trinajstić information content (AvgIpc) is 2.84. The molecule has 0 aliphatic carbocycles. The molecule has 0 rings (SSSR count). The fourth-order valence-electron chi connectivity index (χ4n) is 2.82. The molecular formula is C16H10F25NO3S. The van der Waals surface area contributed by atoms with Gasteiger partial charge in [0, 0.05) is 13.1 Å². The highest BCUT2D eigenvalue weighted by atomic mass is 32.2. The Morgan fingerprint density at radius 2 is 0.652 bits per heavy atom. The third kappa shape index (κ3) is 5.19. The third-order valence-electron chi connectivity index (χ3n) is 5.64. The van der Waals surface area contributed by atoms with Gasteiger partial charge in [-0.25, -0.2) is 8.42 Å². The summed E-state index contributed by atoms with van der Waals surface area (Å²) in [4.78, 5) is 0. The quantitative estimate of drug-likeness (QED) is 0.180. The molecule has 0 aliphatic rings. The molecule has 0 bridgehead atoms. The second-order valence-corrected chi connectivity index (χ2v) is 10.5. The van der Waals surface area contributed by atoms with Gasteiger partial charge in [0.2, 0.25) is 0 Å². The lowest BCUT2D eigenvalue weighted by atomic mass is 9.85. The van der Waals surface area contributed by atoms with Crippen LogP contribution in [-0.2, 0) is 10.0 Å². The highest BCUT2D eigenvalue weighted by Gasteiger charge is 3.00. The zero-order valence-electron chi connectivity index (χ0n) is 20.7. The molecule has 0 aromatic carbocycles. The molecule has 0 aliphatic heterocycles. The summed E-state index contributed by atoms with van der Waals surface area (Å²) in [7, 11) is -7.68. The molecule has 0 atom stereocenters. The molecule has 0 saturated carbocycles. The standard InChI is InChI=1S/C16H10F25NO3S/c1-2-42(3-4-43)46(44,45)16(40,41)14(35,36)12(31,32)10(27,28)8(23,24)6(19,20)5(17,18)7(21,22)9(25,26)11(29,30)13(33,34)15(37,38)39/h43H,2-4H2,1H3. The first-order valence-corrected chi connectivity index (χ1v) is 11.8. The summed E-state index contributed by atoms with van der Waals surface area (Å²) in [5.74, 6) is -93.7. The summed E-state index contributed by atoms with van der Waals surface area (Å²) in [6.45, 7) is -4.81. The number of nitrogens with zero attached hydrogens (tertiary/aromatic N) is 1. The van der Waals surface area contributed by atoms with Gasteiger partial charge in [-0.05, 0) is 0 Å². The zero-order valence-corrected chi connectivity index (χ0v) is 21.5. The van der Waals surface area contributed by atoms with Gasteiger partial charge in [-0.3, -0.25) is 0 Å².